The van der Waals surface area contributed by atoms with Gasteiger partial charge in [-0.15, -0.1) is 11.6 Å². The molecule has 0 aliphatic carbocycles. The minimum Gasteiger partial charge on any atom is -0.481 e. The number of ether oxygens (including phenoxy) is 1. The molecule has 0 spiro atoms. The third kappa shape index (κ3) is 3.27. The minimum absolute atomic E-state index is 0.378. The van der Waals surface area contributed by atoms with Gasteiger partial charge in [0.1, 0.15) is 5.82 Å². The highest BCUT2D eigenvalue weighted by molar-refractivity contribution is 6.18. The van der Waals surface area contributed by atoms with E-state index in [0.29, 0.717) is 17.8 Å². The first kappa shape index (κ1) is 12.1. The Labute approximate surface area is 96.0 Å². The molecule has 84 valence electrons. The van der Waals surface area contributed by atoms with E-state index in [-0.39, 0.29) is 0 Å². The van der Waals surface area contributed by atoms with Crippen LogP contribution in [0.4, 0.5) is 5.82 Å². The van der Waals surface area contributed by atoms with Crippen LogP contribution in [0.1, 0.15) is 13.8 Å². The van der Waals surface area contributed by atoms with Gasteiger partial charge in [-0.2, -0.15) is 4.98 Å². The van der Waals surface area contributed by atoms with Crippen molar-refractivity contribution in [2.75, 3.05) is 24.4 Å². The summed E-state index contributed by atoms with van der Waals surface area (Å²) in [5, 5.41) is 0. The number of methoxy groups -OCH3 is 1. The van der Waals surface area contributed by atoms with Gasteiger partial charge in [0.25, 0.3) is 0 Å². The summed E-state index contributed by atoms with van der Waals surface area (Å²) in [7, 11) is 1.62. The Bertz CT molecular complexity index is 304. The zero-order valence-corrected chi connectivity index (χ0v) is 10.2. The molecule has 0 aliphatic rings. The Hall–Kier alpha value is -0.960. The highest BCUT2D eigenvalue weighted by atomic mass is 35.5. The molecule has 1 rings (SSSR count). The predicted molar refractivity (Wildman–Crippen MR) is 64.0 cm³/mol. The van der Waals surface area contributed by atoms with Crippen LogP contribution in [0.5, 0.6) is 5.88 Å². The molecule has 0 aliphatic heterocycles. The number of nitrogens with zero attached hydrogens (tertiary/aromatic N) is 2. The van der Waals surface area contributed by atoms with E-state index < -0.39 is 0 Å². The fraction of sp³-hybridized carbons (Fsp3) is 0.545. The van der Waals surface area contributed by atoms with Gasteiger partial charge in [-0.1, -0.05) is 6.07 Å². The van der Waals surface area contributed by atoms with Crippen molar-refractivity contribution in [2.24, 2.45) is 0 Å². The van der Waals surface area contributed by atoms with Crippen molar-refractivity contribution < 1.29 is 4.74 Å². The minimum atomic E-state index is 0.378. The van der Waals surface area contributed by atoms with Crippen LogP contribution in [0.2, 0.25) is 0 Å². The van der Waals surface area contributed by atoms with Crippen molar-refractivity contribution in [3.05, 3.63) is 18.2 Å². The van der Waals surface area contributed by atoms with Gasteiger partial charge in [0.2, 0.25) is 5.88 Å². The maximum absolute atomic E-state index is 5.76. The number of anilines is 1. The molecule has 1 aromatic rings. The lowest BCUT2D eigenvalue weighted by Gasteiger charge is -2.27. The highest BCUT2D eigenvalue weighted by Crippen LogP contribution is 2.17. The molecule has 0 saturated heterocycles. The highest BCUT2D eigenvalue weighted by Gasteiger charge is 2.11. The Morgan fingerprint density at radius 1 is 1.47 bits per heavy atom. The molecular formula is C11H17ClN2O. The molecule has 0 unspecified atom stereocenters. The largest absolute Gasteiger partial charge is 0.481 e. The van der Waals surface area contributed by atoms with Crippen LogP contribution in [-0.4, -0.2) is 30.6 Å². The summed E-state index contributed by atoms with van der Waals surface area (Å²) in [6, 6.07) is 6.12. The topological polar surface area (TPSA) is 25.4 Å². The van der Waals surface area contributed by atoms with Crippen LogP contribution < -0.4 is 9.64 Å². The average molecular weight is 229 g/mol. The maximum Gasteiger partial charge on any atom is 0.214 e. The molecule has 0 aromatic carbocycles. The first-order valence-corrected chi connectivity index (χ1v) is 5.56. The van der Waals surface area contributed by atoms with Gasteiger partial charge in [-0.05, 0) is 19.9 Å². The van der Waals surface area contributed by atoms with Crippen LogP contribution in [0.3, 0.4) is 0 Å². The Morgan fingerprint density at radius 2 is 2.20 bits per heavy atom. The van der Waals surface area contributed by atoms with Crippen molar-refractivity contribution in [1.29, 1.82) is 0 Å². The maximum atomic E-state index is 5.76. The zero-order chi connectivity index (χ0) is 11.3. The SMILES string of the molecule is COc1cccc(N(CCCl)C(C)C)n1. The number of hydrogen-bond acceptors (Lipinski definition) is 3. The van der Waals surface area contributed by atoms with E-state index in [1.54, 1.807) is 7.11 Å². The molecule has 4 heteroatoms. The quantitative estimate of drug-likeness (QED) is 0.725. The standard InChI is InChI=1S/C11H17ClN2O/c1-9(2)14(8-7-12)10-5-4-6-11(13-10)15-3/h4-6,9H,7-8H2,1-3H3. The number of rotatable bonds is 5. The summed E-state index contributed by atoms with van der Waals surface area (Å²) in [5.74, 6) is 2.13. The molecule has 0 saturated carbocycles. The van der Waals surface area contributed by atoms with Crippen LogP contribution in [-0.2, 0) is 0 Å². The number of alkyl halides is 1. The Kier molecular flexibility index (Phi) is 4.69. The van der Waals surface area contributed by atoms with Crippen molar-refractivity contribution in [3.63, 3.8) is 0 Å². The van der Waals surface area contributed by atoms with E-state index in [9.17, 15) is 0 Å². The molecule has 0 atom stereocenters. The predicted octanol–water partition coefficient (Wildman–Crippen LogP) is 2.54. The van der Waals surface area contributed by atoms with Gasteiger partial charge in [-0.25, -0.2) is 0 Å². The smallest absolute Gasteiger partial charge is 0.214 e. The summed E-state index contributed by atoms with van der Waals surface area (Å²) < 4.78 is 5.09. The molecule has 0 fully saturated rings. The first-order chi connectivity index (χ1) is 7.19. The second-order valence-corrected chi connectivity index (χ2v) is 3.89. The van der Waals surface area contributed by atoms with E-state index in [2.05, 4.69) is 23.7 Å². The summed E-state index contributed by atoms with van der Waals surface area (Å²) in [6.07, 6.45) is 0. The van der Waals surface area contributed by atoms with Gasteiger partial charge in [-0.3, -0.25) is 0 Å². The first-order valence-electron chi connectivity index (χ1n) is 5.02. The molecule has 0 radical (unpaired) electrons. The fourth-order valence-corrected chi connectivity index (χ4v) is 1.59. The van der Waals surface area contributed by atoms with Gasteiger partial charge in [0.15, 0.2) is 0 Å². The van der Waals surface area contributed by atoms with Crippen LogP contribution in [0.15, 0.2) is 18.2 Å². The monoisotopic (exact) mass is 228 g/mol. The lowest BCUT2D eigenvalue weighted by Crippen LogP contribution is -2.33. The summed E-state index contributed by atoms with van der Waals surface area (Å²) in [4.78, 5) is 6.52. The van der Waals surface area contributed by atoms with Crippen molar-refractivity contribution in [2.45, 2.75) is 19.9 Å². The summed E-state index contributed by atoms with van der Waals surface area (Å²) in [5.41, 5.74) is 0. The van der Waals surface area contributed by atoms with Gasteiger partial charge < -0.3 is 9.64 Å². The third-order valence-electron chi connectivity index (χ3n) is 2.16. The van der Waals surface area contributed by atoms with Crippen molar-refractivity contribution in [1.82, 2.24) is 4.98 Å². The summed E-state index contributed by atoms with van der Waals surface area (Å²) in [6.45, 7) is 5.03. The van der Waals surface area contributed by atoms with E-state index in [1.165, 1.54) is 0 Å². The second kappa shape index (κ2) is 5.81. The van der Waals surface area contributed by atoms with Gasteiger partial charge >= 0.3 is 0 Å². The number of pyridine rings is 1. The summed E-state index contributed by atoms with van der Waals surface area (Å²) >= 11 is 5.76. The molecular weight excluding hydrogens is 212 g/mol. The van der Waals surface area contributed by atoms with Gasteiger partial charge in [0.05, 0.1) is 7.11 Å². The third-order valence-corrected chi connectivity index (χ3v) is 2.33. The number of halogens is 1. The van der Waals surface area contributed by atoms with E-state index in [0.717, 1.165) is 12.4 Å². The van der Waals surface area contributed by atoms with Crippen molar-refractivity contribution >= 4 is 17.4 Å². The Morgan fingerprint density at radius 3 is 2.73 bits per heavy atom. The molecule has 0 bridgehead atoms. The average Bonchev–Trinajstić information content (AvgIpc) is 2.25. The van der Waals surface area contributed by atoms with E-state index in [4.69, 9.17) is 16.3 Å². The lowest BCUT2D eigenvalue weighted by molar-refractivity contribution is 0.397. The van der Waals surface area contributed by atoms with Crippen LogP contribution in [0.25, 0.3) is 0 Å². The lowest BCUT2D eigenvalue weighted by atomic mass is 10.3. The van der Waals surface area contributed by atoms with Crippen LogP contribution in [0, 0.1) is 0 Å². The molecule has 0 N–H and O–H groups in total. The van der Waals surface area contributed by atoms with Crippen molar-refractivity contribution in [3.8, 4) is 5.88 Å². The molecule has 1 aromatic heterocycles. The second-order valence-electron chi connectivity index (χ2n) is 3.51. The van der Waals surface area contributed by atoms with Crippen LogP contribution >= 0.6 is 11.6 Å². The molecule has 15 heavy (non-hydrogen) atoms. The fourth-order valence-electron chi connectivity index (χ4n) is 1.41. The van der Waals surface area contributed by atoms with E-state index in [1.807, 2.05) is 18.2 Å². The number of aromatic nitrogens is 1. The molecule has 3 nitrogen and oxygen atoms in total. The molecule has 1 heterocycles. The molecule has 0 amide bonds. The number of hydrogen-bond donors (Lipinski definition) is 0. The zero-order valence-electron chi connectivity index (χ0n) is 9.40. The normalized spacial score (nSPS) is 10.5. The van der Waals surface area contributed by atoms with Gasteiger partial charge in [0, 0.05) is 24.5 Å². The van der Waals surface area contributed by atoms with E-state index >= 15 is 0 Å². The Balaban J connectivity index is 2.89.